The third-order valence-electron chi connectivity index (χ3n) is 8.54. The molecule has 5 unspecified atom stereocenters. The largest absolute Gasteiger partial charge is 0.374 e. The van der Waals surface area contributed by atoms with Gasteiger partial charge in [0.15, 0.2) is 0 Å². The Morgan fingerprint density at radius 2 is 1.87 bits per heavy atom. The molecule has 2 heteroatoms. The van der Waals surface area contributed by atoms with Gasteiger partial charge in [0.1, 0.15) is 5.82 Å². The standard InChI is InChI=1S/C29H43FO/c1-3-5-7-8-21-9-10-25-18-26(20-29(30)28(25)16-21)23-11-12-24-19-27(31-15-6-4-2)14-13-22(24)17-23/h4,6,18,20-24,27H,3,5,7-17,19H2,1-2H3/b6-4+. The van der Waals surface area contributed by atoms with E-state index in [1.165, 1.54) is 81.8 Å². The average Bonchev–Trinajstić information content (AvgIpc) is 2.79. The second kappa shape index (κ2) is 11.1. The van der Waals surface area contributed by atoms with Crippen molar-refractivity contribution in [3.63, 3.8) is 0 Å². The summed E-state index contributed by atoms with van der Waals surface area (Å²) in [7, 11) is 0. The monoisotopic (exact) mass is 426 g/mol. The molecule has 0 bridgehead atoms. The van der Waals surface area contributed by atoms with Crippen LogP contribution in [0.2, 0.25) is 0 Å². The topological polar surface area (TPSA) is 9.23 Å². The highest BCUT2D eigenvalue weighted by Gasteiger charge is 2.36. The van der Waals surface area contributed by atoms with Gasteiger partial charge in [-0.15, -0.1) is 0 Å². The van der Waals surface area contributed by atoms with Gasteiger partial charge in [-0.1, -0.05) is 50.8 Å². The minimum absolute atomic E-state index is 0.0934. The molecular weight excluding hydrogens is 383 g/mol. The molecule has 31 heavy (non-hydrogen) atoms. The van der Waals surface area contributed by atoms with Gasteiger partial charge in [-0.25, -0.2) is 4.39 Å². The van der Waals surface area contributed by atoms with Crippen molar-refractivity contribution in [2.24, 2.45) is 17.8 Å². The predicted molar refractivity (Wildman–Crippen MR) is 128 cm³/mol. The molecule has 0 N–H and O–H groups in total. The molecule has 2 fully saturated rings. The quantitative estimate of drug-likeness (QED) is 0.301. The lowest BCUT2D eigenvalue weighted by molar-refractivity contribution is -0.00321. The van der Waals surface area contributed by atoms with E-state index >= 15 is 4.39 Å². The van der Waals surface area contributed by atoms with Crippen molar-refractivity contribution in [1.29, 1.82) is 0 Å². The molecule has 172 valence electrons. The Labute approximate surface area is 189 Å². The maximum absolute atomic E-state index is 15.2. The van der Waals surface area contributed by atoms with Gasteiger partial charge in [0.05, 0.1) is 12.7 Å². The molecule has 0 heterocycles. The van der Waals surface area contributed by atoms with Gasteiger partial charge in [-0.2, -0.15) is 0 Å². The molecule has 5 atom stereocenters. The molecule has 1 aromatic carbocycles. The molecule has 0 spiro atoms. The van der Waals surface area contributed by atoms with Crippen molar-refractivity contribution >= 4 is 0 Å². The van der Waals surface area contributed by atoms with Crippen LogP contribution in [-0.4, -0.2) is 12.7 Å². The molecule has 4 rings (SSSR count). The summed E-state index contributed by atoms with van der Waals surface area (Å²) in [5.41, 5.74) is 3.67. The number of fused-ring (bicyclic) bond motifs is 2. The van der Waals surface area contributed by atoms with Crippen molar-refractivity contribution in [1.82, 2.24) is 0 Å². The molecule has 1 nitrogen and oxygen atoms in total. The van der Waals surface area contributed by atoms with Crippen LogP contribution in [0.4, 0.5) is 4.39 Å². The SMILES string of the molecule is C/C=C/COC1CCC2CC(c3cc(F)c4c(c3)CCC(CCCCC)C4)CCC2C1. The number of hydrogen-bond donors (Lipinski definition) is 0. The fraction of sp³-hybridized carbons (Fsp3) is 0.724. The van der Waals surface area contributed by atoms with E-state index in [4.69, 9.17) is 4.74 Å². The van der Waals surface area contributed by atoms with Gasteiger partial charge in [0, 0.05) is 0 Å². The van der Waals surface area contributed by atoms with Crippen LogP contribution in [0.25, 0.3) is 0 Å². The van der Waals surface area contributed by atoms with Crippen LogP contribution in [-0.2, 0) is 17.6 Å². The zero-order valence-electron chi connectivity index (χ0n) is 19.9. The first-order chi connectivity index (χ1) is 15.2. The van der Waals surface area contributed by atoms with E-state index < -0.39 is 0 Å². The number of ether oxygens (including phenoxy) is 1. The minimum atomic E-state index is 0.0934. The number of halogens is 1. The summed E-state index contributed by atoms with van der Waals surface area (Å²) in [4.78, 5) is 0. The van der Waals surface area contributed by atoms with Crippen molar-refractivity contribution in [2.45, 2.75) is 109 Å². The van der Waals surface area contributed by atoms with Crippen LogP contribution in [0, 0.1) is 23.6 Å². The predicted octanol–water partition coefficient (Wildman–Crippen LogP) is 8.16. The smallest absolute Gasteiger partial charge is 0.126 e. The zero-order valence-corrected chi connectivity index (χ0v) is 19.9. The van der Waals surface area contributed by atoms with Crippen LogP contribution in [0.5, 0.6) is 0 Å². The molecule has 0 aliphatic heterocycles. The van der Waals surface area contributed by atoms with Crippen LogP contribution in [0.15, 0.2) is 24.3 Å². The molecule has 3 aliphatic carbocycles. The number of benzene rings is 1. The van der Waals surface area contributed by atoms with E-state index in [2.05, 4.69) is 32.1 Å². The number of rotatable bonds is 8. The van der Waals surface area contributed by atoms with Gasteiger partial charge in [-0.3, -0.25) is 0 Å². The molecule has 0 aromatic heterocycles. The number of hydrogen-bond acceptors (Lipinski definition) is 1. The summed E-state index contributed by atoms with van der Waals surface area (Å²) in [5.74, 6) is 2.97. The first-order valence-corrected chi connectivity index (χ1v) is 13.2. The summed E-state index contributed by atoms with van der Waals surface area (Å²) in [5, 5.41) is 0. The van der Waals surface area contributed by atoms with Crippen molar-refractivity contribution < 1.29 is 9.13 Å². The second-order valence-electron chi connectivity index (χ2n) is 10.6. The van der Waals surface area contributed by atoms with Crippen LogP contribution in [0.1, 0.15) is 107 Å². The lowest BCUT2D eigenvalue weighted by Crippen LogP contribution is -2.34. The second-order valence-corrected chi connectivity index (χ2v) is 10.6. The van der Waals surface area contributed by atoms with Crippen LogP contribution < -0.4 is 0 Å². The fourth-order valence-corrected chi connectivity index (χ4v) is 6.67. The molecule has 3 aliphatic rings. The van der Waals surface area contributed by atoms with Gasteiger partial charge in [-0.05, 0) is 111 Å². The van der Waals surface area contributed by atoms with Crippen molar-refractivity contribution in [3.05, 3.63) is 46.8 Å². The van der Waals surface area contributed by atoms with E-state index in [9.17, 15) is 0 Å². The lowest BCUT2D eigenvalue weighted by Gasteiger charge is -2.42. The molecular formula is C29H43FO. The molecule has 1 aromatic rings. The Kier molecular flexibility index (Phi) is 8.26. The average molecular weight is 427 g/mol. The molecule has 2 saturated carbocycles. The first-order valence-electron chi connectivity index (χ1n) is 13.2. The Morgan fingerprint density at radius 1 is 1.03 bits per heavy atom. The maximum Gasteiger partial charge on any atom is 0.126 e. The zero-order chi connectivity index (χ0) is 21.6. The molecule has 0 radical (unpaired) electrons. The fourth-order valence-electron chi connectivity index (χ4n) is 6.67. The van der Waals surface area contributed by atoms with Crippen molar-refractivity contribution in [3.8, 4) is 0 Å². The highest BCUT2D eigenvalue weighted by atomic mass is 19.1. The first kappa shape index (κ1) is 23.0. The third kappa shape index (κ3) is 5.81. The van der Waals surface area contributed by atoms with Crippen LogP contribution >= 0.6 is 0 Å². The third-order valence-corrected chi connectivity index (χ3v) is 8.54. The number of aryl methyl sites for hydroxylation is 1. The molecule has 0 saturated heterocycles. The number of unbranched alkanes of at least 4 members (excludes halogenated alkanes) is 2. The Balaban J connectivity index is 1.35. The Bertz CT molecular complexity index is 738. The normalized spacial score (nSPS) is 30.9. The summed E-state index contributed by atoms with van der Waals surface area (Å²) >= 11 is 0. The highest BCUT2D eigenvalue weighted by Crippen LogP contribution is 2.47. The summed E-state index contributed by atoms with van der Waals surface area (Å²) in [6.07, 6.45) is 20.6. The lowest BCUT2D eigenvalue weighted by atomic mass is 9.65. The van der Waals surface area contributed by atoms with E-state index in [-0.39, 0.29) is 5.82 Å². The van der Waals surface area contributed by atoms with Crippen molar-refractivity contribution in [2.75, 3.05) is 6.61 Å². The minimum Gasteiger partial charge on any atom is -0.374 e. The van der Waals surface area contributed by atoms with E-state index in [0.717, 1.165) is 36.8 Å². The summed E-state index contributed by atoms with van der Waals surface area (Å²) < 4.78 is 21.2. The highest BCUT2D eigenvalue weighted by molar-refractivity contribution is 5.37. The van der Waals surface area contributed by atoms with Gasteiger partial charge in [0.2, 0.25) is 0 Å². The van der Waals surface area contributed by atoms with Gasteiger partial charge >= 0.3 is 0 Å². The Morgan fingerprint density at radius 3 is 2.71 bits per heavy atom. The van der Waals surface area contributed by atoms with Gasteiger partial charge in [0.25, 0.3) is 0 Å². The maximum atomic E-state index is 15.2. The number of allylic oxidation sites excluding steroid dienone is 1. The summed E-state index contributed by atoms with van der Waals surface area (Å²) in [6, 6.07) is 4.32. The van der Waals surface area contributed by atoms with E-state index in [1.54, 1.807) is 0 Å². The Hall–Kier alpha value is -1.15. The van der Waals surface area contributed by atoms with E-state index in [0.29, 0.717) is 17.9 Å². The van der Waals surface area contributed by atoms with Crippen LogP contribution in [0.3, 0.4) is 0 Å². The van der Waals surface area contributed by atoms with E-state index in [1.807, 2.05) is 6.07 Å². The summed E-state index contributed by atoms with van der Waals surface area (Å²) in [6.45, 7) is 5.07. The van der Waals surface area contributed by atoms with Gasteiger partial charge < -0.3 is 4.74 Å². The molecule has 0 amide bonds.